The van der Waals surface area contributed by atoms with Crippen molar-refractivity contribution < 1.29 is 18.7 Å². The van der Waals surface area contributed by atoms with Gasteiger partial charge in [-0.15, -0.1) is 0 Å². The van der Waals surface area contributed by atoms with Gasteiger partial charge < -0.3 is 25.0 Å². The molecule has 0 radical (unpaired) electrons. The van der Waals surface area contributed by atoms with E-state index in [1.807, 2.05) is 20.8 Å². The van der Waals surface area contributed by atoms with Crippen LogP contribution in [0.2, 0.25) is 0 Å². The van der Waals surface area contributed by atoms with E-state index in [-0.39, 0.29) is 29.4 Å². The third-order valence-corrected chi connectivity index (χ3v) is 4.80. The van der Waals surface area contributed by atoms with Crippen molar-refractivity contribution in [3.63, 3.8) is 0 Å². The summed E-state index contributed by atoms with van der Waals surface area (Å²) >= 11 is 0. The number of hydrogen-bond acceptors (Lipinski definition) is 7. The first-order valence-electron chi connectivity index (χ1n) is 10.1. The molecule has 2 aromatic rings. The standard InChI is InChI=1S/C21H28FN5O3/c1-4-27(14(2)3)21(28)17-9-15(22)5-6-18(17)30-19-12-24-13-26-20(19)25-11-16-10-23-7-8-29-16/h5-6,9,12-14,16,23H,4,7-8,10-11H2,1-3H3,(H,24,25,26). The molecule has 0 aliphatic carbocycles. The second-order valence-corrected chi connectivity index (χ2v) is 7.24. The Hall–Kier alpha value is -2.78. The van der Waals surface area contributed by atoms with Crippen LogP contribution in [0, 0.1) is 5.82 Å². The number of anilines is 1. The highest BCUT2D eigenvalue weighted by Gasteiger charge is 2.23. The molecule has 1 atom stereocenters. The lowest BCUT2D eigenvalue weighted by Crippen LogP contribution is -2.42. The molecule has 8 nitrogen and oxygen atoms in total. The Kier molecular flexibility index (Phi) is 7.53. The zero-order valence-electron chi connectivity index (χ0n) is 17.5. The van der Waals surface area contributed by atoms with Crippen LogP contribution in [0.15, 0.2) is 30.7 Å². The van der Waals surface area contributed by atoms with Crippen molar-refractivity contribution in [1.29, 1.82) is 0 Å². The fourth-order valence-electron chi connectivity index (χ4n) is 3.26. The van der Waals surface area contributed by atoms with E-state index in [1.54, 1.807) is 4.90 Å². The first kappa shape index (κ1) is 21.9. The highest BCUT2D eigenvalue weighted by molar-refractivity contribution is 5.97. The summed E-state index contributed by atoms with van der Waals surface area (Å²) in [6, 6.07) is 3.87. The third-order valence-electron chi connectivity index (χ3n) is 4.80. The molecule has 1 aliphatic rings. The molecule has 2 heterocycles. The van der Waals surface area contributed by atoms with Gasteiger partial charge >= 0.3 is 0 Å². The number of morpholine rings is 1. The molecule has 1 aromatic carbocycles. The predicted molar refractivity (Wildman–Crippen MR) is 111 cm³/mol. The Morgan fingerprint density at radius 1 is 1.43 bits per heavy atom. The van der Waals surface area contributed by atoms with Gasteiger partial charge in [-0.2, -0.15) is 0 Å². The van der Waals surface area contributed by atoms with Crippen LogP contribution in [0.5, 0.6) is 11.5 Å². The van der Waals surface area contributed by atoms with E-state index in [0.717, 1.165) is 13.1 Å². The Balaban J connectivity index is 1.82. The van der Waals surface area contributed by atoms with Crippen molar-refractivity contribution in [3.8, 4) is 11.5 Å². The maximum absolute atomic E-state index is 13.9. The van der Waals surface area contributed by atoms with E-state index >= 15 is 0 Å². The van der Waals surface area contributed by atoms with Gasteiger partial charge in [-0.05, 0) is 39.0 Å². The van der Waals surface area contributed by atoms with Gasteiger partial charge in [0.1, 0.15) is 17.9 Å². The Labute approximate surface area is 175 Å². The van der Waals surface area contributed by atoms with Gasteiger partial charge in [-0.1, -0.05) is 0 Å². The summed E-state index contributed by atoms with van der Waals surface area (Å²) in [5.41, 5.74) is 0.153. The molecule has 1 saturated heterocycles. The molecule has 1 unspecified atom stereocenters. The summed E-state index contributed by atoms with van der Waals surface area (Å²) in [6.07, 6.45) is 2.92. The lowest BCUT2D eigenvalue weighted by molar-refractivity contribution is 0.0371. The number of amides is 1. The topological polar surface area (TPSA) is 88.6 Å². The minimum absolute atomic E-state index is 0.00804. The second kappa shape index (κ2) is 10.3. The molecule has 2 N–H and O–H groups in total. The average Bonchev–Trinajstić information content (AvgIpc) is 2.75. The number of nitrogens with one attached hydrogen (secondary N) is 2. The largest absolute Gasteiger partial charge is 0.451 e. The smallest absolute Gasteiger partial charge is 0.257 e. The molecule has 1 aliphatic heterocycles. The minimum Gasteiger partial charge on any atom is -0.451 e. The maximum Gasteiger partial charge on any atom is 0.257 e. The fraction of sp³-hybridized carbons (Fsp3) is 0.476. The summed E-state index contributed by atoms with van der Waals surface area (Å²) < 4.78 is 25.6. The average molecular weight is 417 g/mol. The highest BCUT2D eigenvalue weighted by atomic mass is 19.1. The summed E-state index contributed by atoms with van der Waals surface area (Å²) in [4.78, 5) is 22.9. The van der Waals surface area contributed by atoms with Crippen molar-refractivity contribution >= 4 is 11.7 Å². The zero-order chi connectivity index (χ0) is 21.5. The molecule has 0 bridgehead atoms. The summed E-state index contributed by atoms with van der Waals surface area (Å²) in [7, 11) is 0. The highest BCUT2D eigenvalue weighted by Crippen LogP contribution is 2.31. The summed E-state index contributed by atoms with van der Waals surface area (Å²) in [6.45, 7) is 8.98. The van der Waals surface area contributed by atoms with E-state index in [2.05, 4.69) is 20.6 Å². The lowest BCUT2D eigenvalue weighted by Gasteiger charge is -2.26. The van der Waals surface area contributed by atoms with E-state index in [1.165, 1.54) is 30.7 Å². The van der Waals surface area contributed by atoms with Crippen LogP contribution in [0.4, 0.5) is 10.2 Å². The molecule has 1 amide bonds. The number of rotatable bonds is 8. The van der Waals surface area contributed by atoms with Gasteiger partial charge in [0.2, 0.25) is 0 Å². The normalized spacial score (nSPS) is 16.4. The number of ether oxygens (including phenoxy) is 2. The molecule has 30 heavy (non-hydrogen) atoms. The number of halogens is 1. The van der Waals surface area contributed by atoms with Gasteiger partial charge in [0.15, 0.2) is 11.6 Å². The number of hydrogen-bond donors (Lipinski definition) is 2. The van der Waals surface area contributed by atoms with Gasteiger partial charge in [-0.3, -0.25) is 4.79 Å². The van der Waals surface area contributed by atoms with Crippen LogP contribution in [0.25, 0.3) is 0 Å². The molecule has 1 aromatic heterocycles. The number of nitrogens with zero attached hydrogens (tertiary/aromatic N) is 3. The number of benzene rings is 1. The monoisotopic (exact) mass is 417 g/mol. The van der Waals surface area contributed by atoms with Crippen LogP contribution in [0.3, 0.4) is 0 Å². The molecule has 162 valence electrons. The Bertz CT molecular complexity index is 858. The van der Waals surface area contributed by atoms with Crippen LogP contribution in [-0.4, -0.2) is 65.7 Å². The molecule has 0 saturated carbocycles. The molecular weight excluding hydrogens is 389 g/mol. The summed E-state index contributed by atoms with van der Waals surface area (Å²) in [5.74, 6) is 0.256. The van der Waals surface area contributed by atoms with Crippen LogP contribution in [0.1, 0.15) is 31.1 Å². The van der Waals surface area contributed by atoms with Crippen molar-refractivity contribution in [3.05, 3.63) is 42.1 Å². The molecule has 9 heteroatoms. The van der Waals surface area contributed by atoms with Crippen LogP contribution < -0.4 is 15.4 Å². The molecule has 3 rings (SSSR count). The quantitative estimate of drug-likeness (QED) is 0.683. The van der Waals surface area contributed by atoms with Crippen LogP contribution >= 0.6 is 0 Å². The SMILES string of the molecule is CCN(C(=O)c1cc(F)ccc1Oc1cncnc1NCC1CNCCO1)C(C)C. The Morgan fingerprint density at radius 3 is 2.97 bits per heavy atom. The lowest BCUT2D eigenvalue weighted by atomic mass is 10.1. The zero-order valence-corrected chi connectivity index (χ0v) is 17.5. The fourth-order valence-corrected chi connectivity index (χ4v) is 3.26. The minimum atomic E-state index is -0.505. The van der Waals surface area contributed by atoms with Crippen molar-refractivity contribution in [2.24, 2.45) is 0 Å². The second-order valence-electron chi connectivity index (χ2n) is 7.24. The van der Waals surface area contributed by atoms with Crippen molar-refractivity contribution in [2.45, 2.75) is 32.9 Å². The third kappa shape index (κ3) is 5.43. The molecular formula is C21H28FN5O3. The van der Waals surface area contributed by atoms with Gasteiger partial charge in [-0.25, -0.2) is 14.4 Å². The number of carbonyl (C=O) groups excluding carboxylic acids is 1. The van der Waals surface area contributed by atoms with Crippen molar-refractivity contribution in [2.75, 3.05) is 38.1 Å². The van der Waals surface area contributed by atoms with Gasteiger partial charge in [0, 0.05) is 32.2 Å². The van der Waals surface area contributed by atoms with E-state index in [0.29, 0.717) is 31.3 Å². The van der Waals surface area contributed by atoms with Gasteiger partial charge in [0.25, 0.3) is 5.91 Å². The summed E-state index contributed by atoms with van der Waals surface area (Å²) in [5, 5.41) is 6.47. The van der Waals surface area contributed by atoms with E-state index in [9.17, 15) is 9.18 Å². The first-order valence-corrected chi connectivity index (χ1v) is 10.1. The number of aromatic nitrogens is 2. The van der Waals surface area contributed by atoms with E-state index in [4.69, 9.17) is 9.47 Å². The van der Waals surface area contributed by atoms with Crippen LogP contribution in [-0.2, 0) is 4.74 Å². The maximum atomic E-state index is 13.9. The predicted octanol–water partition coefficient (Wildman–Crippen LogP) is 2.68. The molecule has 1 fully saturated rings. The van der Waals surface area contributed by atoms with E-state index < -0.39 is 5.82 Å². The molecule has 0 spiro atoms. The number of carbonyl (C=O) groups is 1. The first-order chi connectivity index (χ1) is 14.5. The van der Waals surface area contributed by atoms with Crippen molar-refractivity contribution in [1.82, 2.24) is 20.2 Å². The Morgan fingerprint density at radius 2 is 2.27 bits per heavy atom. The van der Waals surface area contributed by atoms with Gasteiger partial charge in [0.05, 0.1) is 24.5 Å².